The first-order chi connectivity index (χ1) is 15.8. The Labute approximate surface area is 196 Å². The van der Waals surface area contributed by atoms with Crippen LogP contribution in [0, 0.1) is 25.2 Å². The van der Waals surface area contributed by atoms with Crippen LogP contribution in [0.2, 0.25) is 5.02 Å². The van der Waals surface area contributed by atoms with Crippen LogP contribution in [0.15, 0.2) is 66.2 Å². The fourth-order valence-electron chi connectivity index (χ4n) is 3.12. The minimum Gasteiger partial charge on any atom is -0.488 e. The summed E-state index contributed by atoms with van der Waals surface area (Å²) < 4.78 is 5.86. The Kier molecular flexibility index (Phi) is 7.50. The minimum absolute atomic E-state index is 0.104. The average molecular weight is 461 g/mol. The standard InChI is InChI=1S/C26H21ClN2O4/c1-16-3-9-23(17(2)11-16)29-25(30)21(14-28)12-20-13-22(27)8-10-24(20)33-15-18-4-6-19(7-5-18)26(31)32/h3-13H,15H2,1-2H3,(H,29,30)(H,31,32). The minimum atomic E-state index is -1.00. The maximum atomic E-state index is 12.7. The van der Waals surface area contributed by atoms with E-state index in [4.69, 9.17) is 21.4 Å². The van der Waals surface area contributed by atoms with Crippen LogP contribution in [0.5, 0.6) is 5.75 Å². The lowest BCUT2D eigenvalue weighted by Crippen LogP contribution is -2.14. The van der Waals surface area contributed by atoms with E-state index in [2.05, 4.69) is 5.32 Å². The first-order valence-corrected chi connectivity index (χ1v) is 10.4. The number of hydrogen-bond acceptors (Lipinski definition) is 4. The number of rotatable bonds is 7. The van der Waals surface area contributed by atoms with Crippen LogP contribution in [-0.2, 0) is 11.4 Å². The highest BCUT2D eigenvalue weighted by molar-refractivity contribution is 6.30. The topological polar surface area (TPSA) is 99.4 Å². The van der Waals surface area contributed by atoms with Gasteiger partial charge in [-0.05, 0) is 67.4 Å². The van der Waals surface area contributed by atoms with Crippen LogP contribution in [0.1, 0.15) is 32.6 Å². The van der Waals surface area contributed by atoms with Gasteiger partial charge in [-0.2, -0.15) is 5.26 Å². The fourth-order valence-corrected chi connectivity index (χ4v) is 3.30. The molecule has 0 aliphatic rings. The van der Waals surface area contributed by atoms with E-state index >= 15 is 0 Å². The molecule has 0 atom stereocenters. The molecular formula is C26H21ClN2O4. The van der Waals surface area contributed by atoms with Gasteiger partial charge in [-0.1, -0.05) is 41.4 Å². The quantitative estimate of drug-likeness (QED) is 0.344. The molecule has 0 saturated heterocycles. The van der Waals surface area contributed by atoms with Gasteiger partial charge in [0.2, 0.25) is 0 Å². The van der Waals surface area contributed by atoms with Crippen molar-refractivity contribution in [3.63, 3.8) is 0 Å². The molecule has 3 rings (SSSR count). The van der Waals surface area contributed by atoms with Crippen LogP contribution in [0.4, 0.5) is 5.69 Å². The summed E-state index contributed by atoms with van der Waals surface area (Å²) in [4.78, 5) is 23.7. The highest BCUT2D eigenvalue weighted by atomic mass is 35.5. The fraction of sp³-hybridized carbons (Fsp3) is 0.115. The Hall–Kier alpha value is -4.08. The van der Waals surface area contributed by atoms with Crippen LogP contribution in [0.25, 0.3) is 6.08 Å². The maximum absolute atomic E-state index is 12.7. The third kappa shape index (κ3) is 6.22. The van der Waals surface area contributed by atoms with Gasteiger partial charge in [0.1, 0.15) is 24.0 Å². The van der Waals surface area contributed by atoms with Gasteiger partial charge in [-0.15, -0.1) is 0 Å². The number of aromatic carboxylic acids is 1. The lowest BCUT2D eigenvalue weighted by molar-refractivity contribution is -0.112. The summed E-state index contributed by atoms with van der Waals surface area (Å²) in [5.74, 6) is -1.12. The zero-order valence-corrected chi connectivity index (χ0v) is 18.8. The molecule has 7 heteroatoms. The van der Waals surface area contributed by atoms with Gasteiger partial charge >= 0.3 is 5.97 Å². The number of anilines is 1. The summed E-state index contributed by atoms with van der Waals surface area (Å²) >= 11 is 6.13. The Morgan fingerprint density at radius 2 is 1.82 bits per heavy atom. The van der Waals surface area contributed by atoms with Crippen molar-refractivity contribution in [2.75, 3.05) is 5.32 Å². The van der Waals surface area contributed by atoms with Crippen molar-refractivity contribution in [3.05, 3.63) is 99.1 Å². The van der Waals surface area contributed by atoms with E-state index in [1.807, 2.05) is 32.0 Å². The predicted octanol–water partition coefficient (Wildman–Crippen LogP) is 5.78. The summed E-state index contributed by atoms with van der Waals surface area (Å²) in [6.45, 7) is 4.00. The van der Waals surface area contributed by atoms with Gasteiger partial charge in [0.15, 0.2) is 0 Å². The maximum Gasteiger partial charge on any atom is 0.335 e. The van der Waals surface area contributed by atoms with E-state index in [9.17, 15) is 14.9 Å². The monoisotopic (exact) mass is 460 g/mol. The second kappa shape index (κ2) is 10.5. The molecule has 0 aromatic heterocycles. The zero-order chi connectivity index (χ0) is 24.0. The van der Waals surface area contributed by atoms with Gasteiger partial charge in [0.05, 0.1) is 5.56 Å². The van der Waals surface area contributed by atoms with E-state index in [0.29, 0.717) is 22.0 Å². The lowest BCUT2D eigenvalue weighted by Gasteiger charge is -2.11. The van der Waals surface area contributed by atoms with Crippen LogP contribution >= 0.6 is 11.6 Å². The number of benzene rings is 3. The Morgan fingerprint density at radius 3 is 2.45 bits per heavy atom. The molecule has 0 bridgehead atoms. The van der Waals surface area contributed by atoms with E-state index in [1.165, 1.54) is 18.2 Å². The number of amides is 1. The molecule has 0 aliphatic heterocycles. The number of carboxylic acids is 1. The summed E-state index contributed by atoms with van der Waals surface area (Å²) in [6.07, 6.45) is 1.42. The number of carbonyl (C=O) groups is 2. The molecule has 3 aromatic carbocycles. The highest BCUT2D eigenvalue weighted by Crippen LogP contribution is 2.27. The predicted molar refractivity (Wildman–Crippen MR) is 127 cm³/mol. The number of nitrogens with one attached hydrogen (secondary N) is 1. The van der Waals surface area contributed by atoms with Gasteiger partial charge in [0.25, 0.3) is 5.91 Å². The van der Waals surface area contributed by atoms with Crippen molar-refractivity contribution in [3.8, 4) is 11.8 Å². The lowest BCUT2D eigenvalue weighted by atomic mass is 10.1. The van der Waals surface area contributed by atoms with Gasteiger partial charge in [-0.25, -0.2) is 4.79 Å². The van der Waals surface area contributed by atoms with Crippen molar-refractivity contribution < 1.29 is 19.4 Å². The van der Waals surface area contributed by atoms with Crippen molar-refractivity contribution in [2.24, 2.45) is 0 Å². The van der Waals surface area contributed by atoms with Crippen LogP contribution in [0.3, 0.4) is 0 Å². The smallest absolute Gasteiger partial charge is 0.335 e. The summed E-state index contributed by atoms with van der Waals surface area (Å²) in [6, 6.07) is 18.8. The molecule has 33 heavy (non-hydrogen) atoms. The number of nitrogens with zero attached hydrogens (tertiary/aromatic N) is 1. The molecule has 0 radical (unpaired) electrons. The number of carboxylic acid groups (broad SMARTS) is 1. The normalized spacial score (nSPS) is 10.9. The first kappa shape index (κ1) is 23.6. The SMILES string of the molecule is Cc1ccc(NC(=O)C(C#N)=Cc2cc(Cl)ccc2OCc2ccc(C(=O)O)cc2)c(C)c1. The number of carbonyl (C=O) groups excluding carboxylic acids is 1. The second-order valence-corrected chi connectivity index (χ2v) is 7.85. The van der Waals surface area contributed by atoms with Gasteiger partial charge in [0, 0.05) is 16.3 Å². The molecule has 6 nitrogen and oxygen atoms in total. The van der Waals surface area contributed by atoms with Crippen molar-refractivity contribution in [2.45, 2.75) is 20.5 Å². The third-order valence-corrected chi connectivity index (χ3v) is 5.10. The molecule has 0 unspecified atom stereocenters. The molecule has 0 heterocycles. The van der Waals surface area contributed by atoms with Gasteiger partial charge < -0.3 is 15.2 Å². The van der Waals surface area contributed by atoms with E-state index in [1.54, 1.807) is 36.4 Å². The average Bonchev–Trinajstić information content (AvgIpc) is 2.78. The number of halogens is 1. The molecular weight excluding hydrogens is 440 g/mol. The van der Waals surface area contributed by atoms with Crippen molar-refractivity contribution in [1.29, 1.82) is 5.26 Å². The van der Waals surface area contributed by atoms with E-state index < -0.39 is 11.9 Å². The molecule has 0 saturated carbocycles. The summed E-state index contributed by atoms with van der Waals surface area (Å²) in [5, 5.41) is 21.8. The number of nitriles is 1. The van der Waals surface area contributed by atoms with E-state index in [-0.39, 0.29) is 17.7 Å². The van der Waals surface area contributed by atoms with Crippen LogP contribution < -0.4 is 10.1 Å². The Bertz CT molecular complexity index is 1270. The Balaban J connectivity index is 1.81. The Morgan fingerprint density at radius 1 is 1.09 bits per heavy atom. The molecule has 0 aliphatic carbocycles. The van der Waals surface area contributed by atoms with Crippen LogP contribution in [-0.4, -0.2) is 17.0 Å². The molecule has 0 fully saturated rings. The van der Waals surface area contributed by atoms with Crippen molar-refractivity contribution in [1.82, 2.24) is 0 Å². The number of ether oxygens (including phenoxy) is 1. The zero-order valence-electron chi connectivity index (χ0n) is 18.1. The summed E-state index contributed by atoms with van der Waals surface area (Å²) in [5.41, 5.74) is 3.89. The number of hydrogen-bond donors (Lipinski definition) is 2. The molecule has 2 N–H and O–H groups in total. The second-order valence-electron chi connectivity index (χ2n) is 7.42. The van der Waals surface area contributed by atoms with Gasteiger partial charge in [-0.3, -0.25) is 4.79 Å². The molecule has 166 valence electrons. The molecule has 0 spiro atoms. The molecule has 3 aromatic rings. The van der Waals surface area contributed by atoms with E-state index in [0.717, 1.165) is 16.7 Å². The molecule has 1 amide bonds. The highest BCUT2D eigenvalue weighted by Gasteiger charge is 2.13. The number of aryl methyl sites for hydroxylation is 2. The third-order valence-electron chi connectivity index (χ3n) is 4.86. The summed E-state index contributed by atoms with van der Waals surface area (Å²) in [7, 11) is 0. The largest absolute Gasteiger partial charge is 0.488 e. The van der Waals surface area contributed by atoms with Crippen molar-refractivity contribution >= 4 is 35.2 Å². The first-order valence-electron chi connectivity index (χ1n) is 10.0.